The molecule has 0 saturated heterocycles. The predicted molar refractivity (Wildman–Crippen MR) is 61.9 cm³/mol. The molecule has 1 aromatic rings. The van der Waals surface area contributed by atoms with E-state index in [0.29, 0.717) is 6.42 Å². The molecule has 1 saturated carbocycles. The van der Waals surface area contributed by atoms with Crippen molar-refractivity contribution in [1.29, 1.82) is 0 Å². The Morgan fingerprint density at radius 3 is 2.35 bits per heavy atom. The molecule has 0 spiro atoms. The van der Waals surface area contributed by atoms with E-state index in [1.165, 1.54) is 0 Å². The third kappa shape index (κ3) is 2.18. The second-order valence-electron chi connectivity index (χ2n) is 3.93. The van der Waals surface area contributed by atoms with E-state index in [-0.39, 0.29) is 29.5 Å². The molecule has 88 valence electrons. The van der Waals surface area contributed by atoms with Gasteiger partial charge in [0, 0.05) is 12.8 Å². The van der Waals surface area contributed by atoms with E-state index in [4.69, 9.17) is 10.4 Å². The molecule has 2 N–H and O–H groups in total. The van der Waals surface area contributed by atoms with Crippen LogP contribution in [0.2, 0.25) is 0 Å². The highest BCUT2D eigenvalue weighted by atomic mass is 16.4. The molecule has 1 aliphatic rings. The number of carbonyl (C=O) groups excluding carboxylic acids is 1. The molecule has 0 unspecified atom stereocenters. The largest absolute Gasteiger partial charge is 0.411 e. The lowest BCUT2D eigenvalue weighted by Crippen LogP contribution is -2.33. The average molecular weight is 232 g/mol. The van der Waals surface area contributed by atoms with Crippen molar-refractivity contribution in [2.24, 2.45) is 10.3 Å². The molecule has 0 aliphatic heterocycles. The van der Waals surface area contributed by atoms with Gasteiger partial charge < -0.3 is 10.4 Å². The third-order valence-corrected chi connectivity index (χ3v) is 2.90. The summed E-state index contributed by atoms with van der Waals surface area (Å²) in [7, 11) is 0. The quantitative estimate of drug-likeness (QED) is 0.572. The molecular weight excluding hydrogens is 220 g/mol. The Kier molecular flexibility index (Phi) is 3.18. The van der Waals surface area contributed by atoms with Crippen LogP contribution in [0.3, 0.4) is 0 Å². The number of rotatable bonds is 1. The minimum absolute atomic E-state index is 0.0277. The Hall–Kier alpha value is -2.17. The molecular formula is C12H12N2O3. The molecule has 2 rings (SSSR count). The number of nitrogens with zero attached hydrogens (tertiary/aromatic N) is 2. The highest BCUT2D eigenvalue weighted by Crippen LogP contribution is 2.28. The van der Waals surface area contributed by atoms with Crippen molar-refractivity contribution in [3.8, 4) is 0 Å². The van der Waals surface area contributed by atoms with Gasteiger partial charge in [-0.25, -0.2) is 0 Å². The summed E-state index contributed by atoms with van der Waals surface area (Å²) < 4.78 is 0. The summed E-state index contributed by atoms with van der Waals surface area (Å²) in [6, 6.07) is 9.54. The van der Waals surface area contributed by atoms with Gasteiger partial charge >= 0.3 is 0 Å². The minimum Gasteiger partial charge on any atom is -0.411 e. The number of benzene rings is 1. The zero-order valence-electron chi connectivity index (χ0n) is 9.08. The number of oxime groups is 2. The second kappa shape index (κ2) is 4.78. The molecule has 17 heavy (non-hydrogen) atoms. The van der Waals surface area contributed by atoms with Crippen LogP contribution in [-0.2, 0) is 4.79 Å². The standard InChI is InChI=1S/C12H12N2O3/c15-11-7-9(8-4-2-1-3-5-8)6-10(13-16)12(11)14-17/h1-5,9,16-17H,6-7H2/b13-10-,14-12+/t9-/m0/s1. The summed E-state index contributed by atoms with van der Waals surface area (Å²) in [6.07, 6.45) is 0.661. The van der Waals surface area contributed by atoms with Gasteiger partial charge in [0.1, 0.15) is 5.71 Å². The van der Waals surface area contributed by atoms with Gasteiger partial charge in [0.2, 0.25) is 0 Å². The van der Waals surface area contributed by atoms with Crippen LogP contribution >= 0.6 is 0 Å². The van der Waals surface area contributed by atoms with Crippen molar-refractivity contribution >= 4 is 17.2 Å². The maximum atomic E-state index is 11.7. The first kappa shape index (κ1) is 11.3. The summed E-state index contributed by atoms with van der Waals surface area (Å²) in [5.74, 6) is -0.333. The number of hydrogen-bond donors (Lipinski definition) is 2. The minimum atomic E-state index is -0.305. The van der Waals surface area contributed by atoms with Crippen LogP contribution in [-0.4, -0.2) is 27.6 Å². The molecule has 5 nitrogen and oxygen atoms in total. The van der Waals surface area contributed by atoms with Gasteiger partial charge in [0.05, 0.1) is 0 Å². The van der Waals surface area contributed by atoms with Gasteiger partial charge in [0.25, 0.3) is 0 Å². The number of ketones is 1. The van der Waals surface area contributed by atoms with Crippen molar-refractivity contribution in [2.45, 2.75) is 18.8 Å². The zero-order valence-corrected chi connectivity index (χ0v) is 9.08. The van der Waals surface area contributed by atoms with Gasteiger partial charge in [-0.3, -0.25) is 4.79 Å². The van der Waals surface area contributed by atoms with E-state index in [9.17, 15) is 4.79 Å². The maximum Gasteiger partial charge on any atom is 0.187 e. The molecule has 5 heteroatoms. The smallest absolute Gasteiger partial charge is 0.187 e. The molecule has 0 heterocycles. The van der Waals surface area contributed by atoms with E-state index >= 15 is 0 Å². The molecule has 1 atom stereocenters. The zero-order chi connectivity index (χ0) is 12.3. The fraction of sp³-hybridized carbons (Fsp3) is 0.250. The maximum absolute atomic E-state index is 11.7. The fourth-order valence-electron chi connectivity index (χ4n) is 2.05. The summed E-state index contributed by atoms with van der Waals surface area (Å²) in [5, 5.41) is 23.4. The van der Waals surface area contributed by atoms with Crippen molar-refractivity contribution in [1.82, 2.24) is 0 Å². The van der Waals surface area contributed by atoms with Crippen LogP contribution in [0.25, 0.3) is 0 Å². The molecule has 1 aromatic carbocycles. The van der Waals surface area contributed by atoms with E-state index in [2.05, 4.69) is 10.3 Å². The van der Waals surface area contributed by atoms with Crippen LogP contribution in [0.15, 0.2) is 40.6 Å². The van der Waals surface area contributed by atoms with E-state index in [1.54, 1.807) is 0 Å². The summed E-state index contributed by atoms with van der Waals surface area (Å²) in [4.78, 5) is 11.7. The Labute approximate surface area is 98.1 Å². The summed E-state index contributed by atoms with van der Waals surface area (Å²) in [5.41, 5.74) is 1.01. The third-order valence-electron chi connectivity index (χ3n) is 2.90. The number of Topliss-reactive ketones (excluding diaryl/α,β-unsaturated/α-hetero) is 1. The molecule has 1 fully saturated rings. The predicted octanol–water partition coefficient (Wildman–Crippen LogP) is 1.79. The summed E-state index contributed by atoms with van der Waals surface area (Å²) >= 11 is 0. The lowest BCUT2D eigenvalue weighted by atomic mass is 9.81. The molecule has 0 bridgehead atoms. The van der Waals surface area contributed by atoms with Crippen LogP contribution < -0.4 is 0 Å². The van der Waals surface area contributed by atoms with Gasteiger partial charge in [-0.15, -0.1) is 0 Å². The first-order valence-electron chi connectivity index (χ1n) is 5.27. The van der Waals surface area contributed by atoms with Crippen molar-refractivity contribution < 1.29 is 15.2 Å². The lowest BCUT2D eigenvalue weighted by molar-refractivity contribution is -0.113. The average Bonchev–Trinajstić information content (AvgIpc) is 2.38. The molecule has 0 radical (unpaired) electrons. The Bertz CT molecular complexity index is 480. The Balaban J connectivity index is 2.29. The Morgan fingerprint density at radius 2 is 1.76 bits per heavy atom. The number of carbonyl (C=O) groups is 1. The molecule has 0 amide bonds. The molecule has 0 aromatic heterocycles. The SMILES string of the molecule is O=C1C[C@@H](c2ccccc2)CC(=N/O)/C1=N\O. The Morgan fingerprint density at radius 1 is 1.06 bits per heavy atom. The van der Waals surface area contributed by atoms with E-state index in [0.717, 1.165) is 5.56 Å². The van der Waals surface area contributed by atoms with Crippen molar-refractivity contribution in [3.05, 3.63) is 35.9 Å². The summed E-state index contributed by atoms with van der Waals surface area (Å²) in [6.45, 7) is 0. The van der Waals surface area contributed by atoms with E-state index < -0.39 is 0 Å². The monoisotopic (exact) mass is 232 g/mol. The van der Waals surface area contributed by atoms with E-state index in [1.807, 2.05) is 30.3 Å². The fourth-order valence-corrected chi connectivity index (χ4v) is 2.05. The van der Waals surface area contributed by atoms with Crippen LogP contribution in [0.1, 0.15) is 24.3 Å². The van der Waals surface area contributed by atoms with Crippen LogP contribution in [0, 0.1) is 0 Å². The van der Waals surface area contributed by atoms with Crippen LogP contribution in [0.4, 0.5) is 0 Å². The normalized spacial score (nSPS) is 25.4. The number of hydrogen-bond acceptors (Lipinski definition) is 5. The second-order valence-corrected chi connectivity index (χ2v) is 3.93. The van der Waals surface area contributed by atoms with Gasteiger partial charge in [-0.05, 0) is 11.5 Å². The molecule has 1 aliphatic carbocycles. The van der Waals surface area contributed by atoms with Gasteiger partial charge in [-0.1, -0.05) is 40.6 Å². The highest BCUT2D eigenvalue weighted by Gasteiger charge is 2.32. The highest BCUT2D eigenvalue weighted by molar-refractivity contribution is 6.68. The van der Waals surface area contributed by atoms with Crippen LogP contribution in [0.5, 0.6) is 0 Å². The van der Waals surface area contributed by atoms with Crippen molar-refractivity contribution in [2.75, 3.05) is 0 Å². The van der Waals surface area contributed by atoms with Gasteiger partial charge in [-0.2, -0.15) is 0 Å². The lowest BCUT2D eigenvalue weighted by Gasteiger charge is -2.22. The van der Waals surface area contributed by atoms with Crippen molar-refractivity contribution in [3.63, 3.8) is 0 Å². The first-order valence-corrected chi connectivity index (χ1v) is 5.27. The topological polar surface area (TPSA) is 82.2 Å². The van der Waals surface area contributed by atoms with Gasteiger partial charge in [0.15, 0.2) is 11.5 Å². The first-order chi connectivity index (χ1) is 8.26.